The van der Waals surface area contributed by atoms with Crippen LogP contribution < -0.4 is 10.5 Å². The first kappa shape index (κ1) is 15.2. The molecule has 2 atom stereocenters. The van der Waals surface area contributed by atoms with E-state index in [-0.39, 0.29) is 12.1 Å². The fraction of sp³-hybridized carbons (Fsp3) is 0.250. The molecule has 2 nitrogen and oxygen atoms in total. The second kappa shape index (κ2) is 6.49. The highest BCUT2D eigenvalue weighted by Gasteiger charge is 2.19. The van der Waals surface area contributed by atoms with E-state index in [9.17, 15) is 0 Å². The molecular formula is C16H17Cl2NO. The van der Waals surface area contributed by atoms with Gasteiger partial charge < -0.3 is 10.5 Å². The van der Waals surface area contributed by atoms with Gasteiger partial charge in [-0.25, -0.2) is 0 Å². The Morgan fingerprint density at radius 1 is 1.10 bits per heavy atom. The molecule has 0 heterocycles. The lowest BCUT2D eigenvalue weighted by atomic mass is 10.0. The topological polar surface area (TPSA) is 35.2 Å². The fourth-order valence-electron chi connectivity index (χ4n) is 2.03. The second-order valence-corrected chi connectivity index (χ2v) is 5.73. The highest BCUT2D eigenvalue weighted by molar-refractivity contribution is 6.35. The molecule has 2 rings (SSSR count). The summed E-state index contributed by atoms with van der Waals surface area (Å²) in [5.74, 6) is 0.583. The van der Waals surface area contributed by atoms with Crippen molar-refractivity contribution >= 4 is 23.2 Å². The van der Waals surface area contributed by atoms with Gasteiger partial charge in [0.15, 0.2) is 0 Å². The molecule has 0 amide bonds. The van der Waals surface area contributed by atoms with Crippen LogP contribution in [0.2, 0.25) is 10.0 Å². The minimum Gasteiger partial charge on any atom is -0.483 e. The van der Waals surface area contributed by atoms with Gasteiger partial charge >= 0.3 is 0 Å². The van der Waals surface area contributed by atoms with Gasteiger partial charge in [-0.2, -0.15) is 0 Å². The Morgan fingerprint density at radius 3 is 2.45 bits per heavy atom. The van der Waals surface area contributed by atoms with Crippen molar-refractivity contribution in [3.05, 3.63) is 63.6 Å². The Kier molecular flexibility index (Phi) is 4.92. The van der Waals surface area contributed by atoms with Gasteiger partial charge in [-0.15, -0.1) is 0 Å². The van der Waals surface area contributed by atoms with E-state index in [1.54, 1.807) is 18.2 Å². The molecule has 0 bridgehead atoms. The van der Waals surface area contributed by atoms with Crippen LogP contribution >= 0.6 is 23.2 Å². The third-order valence-electron chi connectivity index (χ3n) is 3.00. The number of rotatable bonds is 4. The summed E-state index contributed by atoms with van der Waals surface area (Å²) >= 11 is 12.0. The maximum absolute atomic E-state index is 6.15. The summed E-state index contributed by atoms with van der Waals surface area (Å²) in [7, 11) is 0. The van der Waals surface area contributed by atoms with Crippen LogP contribution in [-0.2, 0) is 0 Å². The summed E-state index contributed by atoms with van der Waals surface area (Å²) in [5.41, 5.74) is 8.25. The first-order valence-corrected chi connectivity index (χ1v) is 7.17. The SMILES string of the molecule is Cc1cccc(C(Oc2ccc(Cl)cc2Cl)C(C)N)c1. The second-order valence-electron chi connectivity index (χ2n) is 4.89. The molecule has 0 spiro atoms. The van der Waals surface area contributed by atoms with Gasteiger partial charge in [-0.3, -0.25) is 0 Å². The zero-order chi connectivity index (χ0) is 14.7. The number of aryl methyl sites for hydroxylation is 1. The average Bonchev–Trinajstić information content (AvgIpc) is 2.37. The van der Waals surface area contributed by atoms with Crippen LogP contribution in [0.3, 0.4) is 0 Å². The molecule has 2 aromatic rings. The molecular weight excluding hydrogens is 293 g/mol. The summed E-state index contributed by atoms with van der Waals surface area (Å²) in [6.45, 7) is 3.95. The van der Waals surface area contributed by atoms with E-state index in [0.717, 1.165) is 5.56 Å². The average molecular weight is 310 g/mol. The smallest absolute Gasteiger partial charge is 0.139 e. The van der Waals surface area contributed by atoms with Crippen molar-refractivity contribution in [2.24, 2.45) is 5.73 Å². The van der Waals surface area contributed by atoms with E-state index in [4.69, 9.17) is 33.7 Å². The lowest BCUT2D eigenvalue weighted by Gasteiger charge is -2.24. The first-order chi connectivity index (χ1) is 9.47. The van der Waals surface area contributed by atoms with E-state index in [2.05, 4.69) is 6.07 Å². The van der Waals surface area contributed by atoms with Gasteiger partial charge in [0.25, 0.3) is 0 Å². The van der Waals surface area contributed by atoms with Crippen molar-refractivity contribution < 1.29 is 4.74 Å². The molecule has 0 aliphatic heterocycles. The minimum absolute atomic E-state index is 0.163. The highest BCUT2D eigenvalue weighted by atomic mass is 35.5. The number of hydrogen-bond acceptors (Lipinski definition) is 2. The van der Waals surface area contributed by atoms with Crippen molar-refractivity contribution in [1.29, 1.82) is 0 Å². The van der Waals surface area contributed by atoms with Crippen molar-refractivity contribution in [1.82, 2.24) is 0 Å². The van der Waals surface area contributed by atoms with Crippen molar-refractivity contribution in [3.63, 3.8) is 0 Å². The van der Waals surface area contributed by atoms with Crippen LogP contribution in [0.4, 0.5) is 0 Å². The Labute approximate surface area is 129 Å². The summed E-state index contributed by atoms with van der Waals surface area (Å²) in [4.78, 5) is 0. The third kappa shape index (κ3) is 3.66. The lowest BCUT2D eigenvalue weighted by Crippen LogP contribution is -2.29. The molecule has 106 valence electrons. The Morgan fingerprint density at radius 2 is 1.85 bits per heavy atom. The van der Waals surface area contributed by atoms with Gasteiger partial charge in [0, 0.05) is 11.1 Å². The molecule has 2 N–H and O–H groups in total. The predicted molar refractivity (Wildman–Crippen MR) is 84.7 cm³/mol. The van der Waals surface area contributed by atoms with E-state index in [1.807, 2.05) is 32.0 Å². The first-order valence-electron chi connectivity index (χ1n) is 6.41. The van der Waals surface area contributed by atoms with Crippen LogP contribution in [0.15, 0.2) is 42.5 Å². The van der Waals surface area contributed by atoms with Crippen LogP contribution in [0.5, 0.6) is 5.75 Å². The molecule has 0 radical (unpaired) electrons. The highest BCUT2D eigenvalue weighted by Crippen LogP contribution is 2.32. The molecule has 4 heteroatoms. The summed E-state index contributed by atoms with van der Waals surface area (Å²) in [6, 6.07) is 13.1. The zero-order valence-corrected chi connectivity index (χ0v) is 12.9. The summed E-state index contributed by atoms with van der Waals surface area (Å²) in [6.07, 6.45) is -0.256. The maximum atomic E-state index is 6.15. The van der Waals surface area contributed by atoms with Crippen LogP contribution in [0.25, 0.3) is 0 Å². The predicted octanol–water partition coefficient (Wildman–Crippen LogP) is 4.77. The largest absolute Gasteiger partial charge is 0.483 e. The van der Waals surface area contributed by atoms with Gasteiger partial charge in [-0.05, 0) is 37.6 Å². The number of ether oxygens (including phenoxy) is 1. The van der Waals surface area contributed by atoms with Crippen LogP contribution in [0, 0.1) is 6.92 Å². The third-order valence-corrected chi connectivity index (χ3v) is 3.53. The Bertz CT molecular complexity index is 599. The van der Waals surface area contributed by atoms with E-state index in [0.29, 0.717) is 15.8 Å². The van der Waals surface area contributed by atoms with Crippen molar-refractivity contribution in [2.75, 3.05) is 0 Å². The van der Waals surface area contributed by atoms with Crippen molar-refractivity contribution in [3.8, 4) is 5.75 Å². The van der Waals surface area contributed by atoms with Crippen LogP contribution in [0.1, 0.15) is 24.2 Å². The molecule has 20 heavy (non-hydrogen) atoms. The van der Waals surface area contributed by atoms with E-state index >= 15 is 0 Å². The molecule has 2 unspecified atom stereocenters. The standard InChI is InChI=1S/C16H17Cl2NO/c1-10-4-3-5-12(8-10)16(11(2)19)20-15-7-6-13(17)9-14(15)18/h3-9,11,16H,19H2,1-2H3. The van der Waals surface area contributed by atoms with Crippen molar-refractivity contribution in [2.45, 2.75) is 26.0 Å². The fourth-order valence-corrected chi connectivity index (χ4v) is 2.49. The number of halogens is 2. The minimum atomic E-state index is -0.256. The number of nitrogens with two attached hydrogens (primary N) is 1. The molecule has 0 aliphatic carbocycles. The monoisotopic (exact) mass is 309 g/mol. The maximum Gasteiger partial charge on any atom is 0.139 e. The summed E-state index contributed by atoms with van der Waals surface area (Å²) in [5, 5.41) is 1.06. The van der Waals surface area contributed by atoms with Crippen LogP contribution in [-0.4, -0.2) is 6.04 Å². The van der Waals surface area contributed by atoms with Gasteiger partial charge in [0.2, 0.25) is 0 Å². The number of benzene rings is 2. The summed E-state index contributed by atoms with van der Waals surface area (Å²) < 4.78 is 5.99. The van der Waals surface area contributed by atoms with E-state index < -0.39 is 0 Å². The van der Waals surface area contributed by atoms with Gasteiger partial charge in [0.05, 0.1) is 5.02 Å². The van der Waals surface area contributed by atoms with E-state index in [1.165, 1.54) is 5.56 Å². The molecule has 0 aromatic heterocycles. The molecule has 0 saturated heterocycles. The number of hydrogen-bond donors (Lipinski definition) is 1. The molecule has 0 aliphatic rings. The molecule has 0 saturated carbocycles. The quantitative estimate of drug-likeness (QED) is 0.883. The Balaban J connectivity index is 2.30. The zero-order valence-electron chi connectivity index (χ0n) is 11.4. The normalized spacial score (nSPS) is 13.8. The lowest BCUT2D eigenvalue weighted by molar-refractivity contribution is 0.180. The van der Waals surface area contributed by atoms with Gasteiger partial charge in [-0.1, -0.05) is 53.0 Å². The van der Waals surface area contributed by atoms with Gasteiger partial charge in [0.1, 0.15) is 11.9 Å². The molecule has 0 fully saturated rings. The molecule has 2 aromatic carbocycles. The Hall–Kier alpha value is -1.22.